The number of aliphatic hydroxyl groups is 3. The van der Waals surface area contributed by atoms with Gasteiger partial charge in [0.25, 0.3) is 0 Å². The molecule has 0 amide bonds. The average molecular weight is 829 g/mol. The highest BCUT2D eigenvalue weighted by Crippen LogP contribution is 2.50. The number of hydrogen-bond donors (Lipinski definition) is 4. The molecule has 11 heteroatoms. The molecule has 14 atom stereocenters. The molecule has 0 radical (unpaired) electrons. The first-order valence-corrected chi connectivity index (χ1v) is 22.1. The number of piperidine rings is 1. The highest BCUT2D eigenvalue weighted by Gasteiger charge is 2.60. The molecule has 3 fully saturated rings. The van der Waals surface area contributed by atoms with E-state index in [1.54, 1.807) is 27.4 Å². The Bertz CT molecular complexity index is 1530. The largest absolute Gasteiger partial charge is 0.488 e. The van der Waals surface area contributed by atoms with Gasteiger partial charge in [-0.15, -0.1) is 6.58 Å². The minimum atomic E-state index is -1.73. The van der Waals surface area contributed by atoms with Gasteiger partial charge in [-0.05, 0) is 116 Å². The molecule has 3 heterocycles. The van der Waals surface area contributed by atoms with Crippen molar-refractivity contribution in [3.63, 3.8) is 0 Å². The van der Waals surface area contributed by atoms with Crippen molar-refractivity contribution in [2.24, 2.45) is 29.4 Å². The predicted molar refractivity (Wildman–Crippen MR) is 233 cm³/mol. The summed E-state index contributed by atoms with van der Waals surface area (Å²) in [6, 6.07) is -1.25. The van der Waals surface area contributed by atoms with Gasteiger partial charge in [0, 0.05) is 50.7 Å². The van der Waals surface area contributed by atoms with Crippen LogP contribution in [0.2, 0.25) is 0 Å². The molecule has 1 aliphatic carbocycles. The fourth-order valence-corrected chi connectivity index (χ4v) is 10.6. The van der Waals surface area contributed by atoms with E-state index in [0.717, 1.165) is 36.8 Å². The third kappa shape index (κ3) is 11.1. The molecule has 2 bridgehead atoms. The summed E-state index contributed by atoms with van der Waals surface area (Å²) in [5, 5.41) is 35.2. The second-order valence-electron chi connectivity index (χ2n) is 19.1. The first kappa shape index (κ1) is 49.5. The van der Waals surface area contributed by atoms with Gasteiger partial charge in [-0.2, -0.15) is 0 Å². The van der Waals surface area contributed by atoms with Crippen LogP contribution in [0, 0.1) is 23.7 Å². The highest BCUT2D eigenvalue weighted by molar-refractivity contribution is 5.83. The van der Waals surface area contributed by atoms with Crippen molar-refractivity contribution >= 4 is 5.78 Å². The van der Waals surface area contributed by atoms with Crippen LogP contribution in [0.1, 0.15) is 119 Å². The minimum Gasteiger partial charge on any atom is -0.488 e. The molecule has 0 aromatic heterocycles. The molecular formula is C48H80N2O9. The summed E-state index contributed by atoms with van der Waals surface area (Å²) in [6.45, 7) is 28.0. The number of nitrogens with two attached hydrogens (primary N) is 1. The molecule has 11 nitrogen and oxygen atoms in total. The number of carbonyl (C=O) groups excluding carboxylic acids is 1. The van der Waals surface area contributed by atoms with Crippen molar-refractivity contribution in [3.8, 4) is 0 Å². The summed E-state index contributed by atoms with van der Waals surface area (Å²) in [7, 11) is 4.98. The van der Waals surface area contributed by atoms with Crippen molar-refractivity contribution < 1.29 is 43.8 Å². The van der Waals surface area contributed by atoms with Gasteiger partial charge < -0.3 is 44.7 Å². The smallest absolute Gasteiger partial charge is 0.193 e. The third-order valence-corrected chi connectivity index (χ3v) is 14.4. The van der Waals surface area contributed by atoms with E-state index < -0.39 is 53.3 Å². The Kier molecular flexibility index (Phi) is 17.4. The van der Waals surface area contributed by atoms with Crippen LogP contribution in [0.15, 0.2) is 60.4 Å². The van der Waals surface area contributed by atoms with Crippen LogP contribution in [0.25, 0.3) is 0 Å². The maximum absolute atomic E-state index is 14.0. The molecule has 1 saturated carbocycles. The number of hydrogen-bond acceptors (Lipinski definition) is 11. The third-order valence-electron chi connectivity index (χ3n) is 14.4. The number of allylic oxidation sites excluding steroid dienone is 4. The quantitative estimate of drug-likeness (QED) is 0.198. The summed E-state index contributed by atoms with van der Waals surface area (Å²) < 4.78 is 31.8. The summed E-state index contributed by atoms with van der Waals surface area (Å²) in [4.78, 5) is 16.3. The van der Waals surface area contributed by atoms with Gasteiger partial charge in [-0.1, -0.05) is 57.2 Å². The lowest BCUT2D eigenvalue weighted by molar-refractivity contribution is -0.345. The number of Topliss-reactive ketones (excluding diaryl/α,β-unsaturated/α-hetero) is 1. The van der Waals surface area contributed by atoms with Crippen molar-refractivity contribution in [1.29, 1.82) is 0 Å². The number of ether oxygens (including phenoxy) is 5. The fourth-order valence-electron chi connectivity index (χ4n) is 10.6. The maximum atomic E-state index is 14.0. The molecule has 2 saturated heterocycles. The van der Waals surface area contributed by atoms with Crippen LogP contribution in [0.4, 0.5) is 0 Å². The fraction of sp³-hybridized carbons (Fsp3) is 0.771. The predicted octanol–water partition coefficient (Wildman–Crippen LogP) is 6.95. The SMILES string of the molecule is C=CC[C@@H]1/C=C(\C)C[C@H](C)C[C@H](OC)[C@@]2(C)O[C@@](O)(C(=C)C(C)(C)N3CCCCC3C(=C)O[C@H](/C(C)=C/[C@@H]3CC[C@@H](O)[C@H](OC)C3)[C@H](N)[C@@H](O)CC1=O)[C@H](C)C[C@@H]2OC. The number of methoxy groups -OCH3 is 3. The zero-order valence-corrected chi connectivity index (χ0v) is 38.1. The number of rotatable bonds is 7. The van der Waals surface area contributed by atoms with Crippen LogP contribution < -0.4 is 5.73 Å². The van der Waals surface area contributed by atoms with Gasteiger partial charge in [-0.25, -0.2) is 0 Å². The summed E-state index contributed by atoms with van der Waals surface area (Å²) in [5.74, 6) is -2.00. The summed E-state index contributed by atoms with van der Waals surface area (Å²) >= 11 is 0. The van der Waals surface area contributed by atoms with Gasteiger partial charge in [0.15, 0.2) is 5.79 Å². The Balaban J connectivity index is 1.83. The Morgan fingerprint density at radius 1 is 0.983 bits per heavy atom. The van der Waals surface area contributed by atoms with Gasteiger partial charge >= 0.3 is 0 Å². The van der Waals surface area contributed by atoms with E-state index in [9.17, 15) is 20.1 Å². The lowest BCUT2D eigenvalue weighted by Crippen LogP contribution is -2.68. The zero-order chi connectivity index (χ0) is 44.0. The molecular weight excluding hydrogens is 749 g/mol. The van der Waals surface area contributed by atoms with E-state index in [0.29, 0.717) is 56.4 Å². The molecule has 4 aliphatic rings. The number of ketones is 1. The van der Waals surface area contributed by atoms with Crippen LogP contribution in [0.3, 0.4) is 0 Å². The topological polar surface area (TPSA) is 153 Å². The second kappa shape index (κ2) is 20.8. The average Bonchev–Trinajstić information content (AvgIpc) is 3.19. The van der Waals surface area contributed by atoms with Gasteiger partial charge in [-0.3, -0.25) is 9.69 Å². The van der Waals surface area contributed by atoms with Crippen LogP contribution in [-0.2, 0) is 28.5 Å². The Labute approximate surface area is 356 Å². The first-order valence-electron chi connectivity index (χ1n) is 22.1. The number of fused-ring (bicyclic) bond motifs is 3. The van der Waals surface area contributed by atoms with Gasteiger partial charge in [0.2, 0.25) is 0 Å². The summed E-state index contributed by atoms with van der Waals surface area (Å²) in [6.07, 6.45) is 8.94. The van der Waals surface area contributed by atoms with Crippen LogP contribution in [0.5, 0.6) is 0 Å². The van der Waals surface area contributed by atoms with Gasteiger partial charge in [0.1, 0.15) is 23.2 Å². The van der Waals surface area contributed by atoms with Crippen molar-refractivity contribution in [1.82, 2.24) is 4.90 Å². The molecule has 4 rings (SSSR count). The molecule has 5 N–H and O–H groups in total. The van der Waals surface area contributed by atoms with E-state index in [2.05, 4.69) is 51.5 Å². The van der Waals surface area contributed by atoms with E-state index in [1.807, 2.05) is 33.8 Å². The minimum absolute atomic E-state index is 0.0940. The molecule has 1 unspecified atom stereocenters. The normalized spacial score (nSPS) is 42.4. The molecule has 336 valence electrons. The number of nitrogens with zero attached hydrogens (tertiary/aromatic N) is 1. The van der Waals surface area contributed by atoms with Crippen molar-refractivity contribution in [2.75, 3.05) is 27.9 Å². The van der Waals surface area contributed by atoms with Gasteiger partial charge in [0.05, 0.1) is 42.6 Å². The van der Waals surface area contributed by atoms with Crippen molar-refractivity contribution in [3.05, 3.63) is 60.4 Å². The Hall–Kier alpha value is -2.19. The number of carbonyl (C=O) groups is 1. The van der Waals surface area contributed by atoms with E-state index in [4.69, 9.17) is 29.4 Å². The second-order valence-corrected chi connectivity index (χ2v) is 19.1. The molecule has 0 aromatic rings. The monoisotopic (exact) mass is 829 g/mol. The van der Waals surface area contributed by atoms with E-state index in [-0.39, 0.29) is 48.2 Å². The zero-order valence-electron chi connectivity index (χ0n) is 38.1. The summed E-state index contributed by atoms with van der Waals surface area (Å²) in [5.41, 5.74) is 7.53. The first-order chi connectivity index (χ1) is 27.7. The highest BCUT2D eigenvalue weighted by atomic mass is 16.7. The lowest BCUT2D eigenvalue weighted by atomic mass is 9.72. The standard InChI is InChI=1S/C48H80N2O9/c1-14-17-36-23-29(2)22-30(3)24-42(56-12)47(10)43(57-13)26-32(5)48(54,59-47)34(7)46(8,9)50-21-16-15-18-37(50)33(6)58-45(44(49)40(53)28-39(36)52)31(4)25-35-19-20-38(51)41(27-35)55-11/h14,23,25,30,32,35-38,40-45,51,53-54H,1,6-7,15-22,24,26-28,49H2,2-5,8-13H3/b29-23+,31-25+/t30-,32+,35-,36+,37?,38+,40-,41+,42-,43-,44+,45+,47+,48+/m0/s1. The van der Waals surface area contributed by atoms with Crippen molar-refractivity contribution in [2.45, 2.75) is 185 Å². The lowest BCUT2D eigenvalue weighted by Gasteiger charge is -2.58. The Morgan fingerprint density at radius 2 is 1.64 bits per heavy atom. The molecule has 0 aromatic carbocycles. The maximum Gasteiger partial charge on any atom is 0.193 e. The Morgan fingerprint density at radius 3 is 2.27 bits per heavy atom. The molecule has 59 heavy (non-hydrogen) atoms. The van der Waals surface area contributed by atoms with Crippen LogP contribution >= 0.6 is 0 Å². The number of aliphatic hydroxyl groups excluding tert-OH is 2. The molecule has 0 spiro atoms. The van der Waals surface area contributed by atoms with E-state index >= 15 is 0 Å². The molecule has 3 aliphatic heterocycles. The van der Waals surface area contributed by atoms with E-state index in [1.165, 1.54) is 0 Å². The van der Waals surface area contributed by atoms with Crippen LogP contribution in [-0.4, -0.2) is 120 Å².